The summed E-state index contributed by atoms with van der Waals surface area (Å²) in [4.78, 5) is 15.7. The highest BCUT2D eigenvalue weighted by Crippen LogP contribution is 2.27. The normalized spacial score (nSPS) is 23.1. The molecule has 0 radical (unpaired) electrons. The second kappa shape index (κ2) is 6.57. The Hall–Kier alpha value is -0.810. The van der Waals surface area contributed by atoms with Crippen molar-refractivity contribution in [3.05, 3.63) is 28.8 Å². The van der Waals surface area contributed by atoms with Gasteiger partial charge in [-0.25, -0.2) is 9.37 Å². The summed E-state index contributed by atoms with van der Waals surface area (Å²) >= 11 is 7.69. The zero-order chi connectivity index (χ0) is 13.8. The fourth-order valence-electron chi connectivity index (χ4n) is 2.29. The highest BCUT2D eigenvalue weighted by atomic mass is 35.5. The summed E-state index contributed by atoms with van der Waals surface area (Å²) in [5.41, 5.74) is 0.105. The number of carbonyl (C=O) groups is 1. The van der Waals surface area contributed by atoms with E-state index in [1.54, 1.807) is 0 Å². The Balaban J connectivity index is 1.96. The van der Waals surface area contributed by atoms with Crippen molar-refractivity contribution in [2.75, 3.05) is 6.26 Å². The van der Waals surface area contributed by atoms with Crippen LogP contribution < -0.4 is 5.32 Å². The molecule has 6 heteroatoms. The third kappa shape index (κ3) is 3.83. The zero-order valence-electron chi connectivity index (χ0n) is 10.7. The Bertz CT molecular complexity index is 464. The van der Waals surface area contributed by atoms with E-state index in [1.165, 1.54) is 0 Å². The van der Waals surface area contributed by atoms with E-state index in [-0.39, 0.29) is 22.7 Å². The average Bonchev–Trinajstić information content (AvgIpc) is 2.42. The van der Waals surface area contributed by atoms with Crippen LogP contribution in [0.15, 0.2) is 12.3 Å². The molecule has 0 aromatic carbocycles. The van der Waals surface area contributed by atoms with Gasteiger partial charge in [0.25, 0.3) is 5.91 Å². The minimum atomic E-state index is -0.555. The molecule has 1 N–H and O–H groups in total. The Kier molecular flexibility index (Phi) is 5.05. The number of hydrogen-bond donors (Lipinski definition) is 1. The molecule has 0 saturated heterocycles. The van der Waals surface area contributed by atoms with E-state index >= 15 is 0 Å². The van der Waals surface area contributed by atoms with Gasteiger partial charge in [0.05, 0.1) is 11.8 Å². The molecule has 104 valence electrons. The van der Waals surface area contributed by atoms with Gasteiger partial charge >= 0.3 is 0 Å². The van der Waals surface area contributed by atoms with Gasteiger partial charge in [0.1, 0.15) is 11.0 Å². The summed E-state index contributed by atoms with van der Waals surface area (Å²) in [6, 6.07) is 1.27. The molecule has 0 unspecified atom stereocenters. The van der Waals surface area contributed by atoms with Crippen molar-refractivity contribution >= 4 is 29.3 Å². The van der Waals surface area contributed by atoms with Gasteiger partial charge in [0.2, 0.25) is 0 Å². The number of carbonyl (C=O) groups excluding carboxylic acids is 1. The average molecular weight is 303 g/mol. The van der Waals surface area contributed by atoms with Crippen LogP contribution in [-0.4, -0.2) is 28.4 Å². The summed E-state index contributed by atoms with van der Waals surface area (Å²) in [5, 5.41) is 3.63. The number of nitrogens with zero attached hydrogens (tertiary/aromatic N) is 1. The minimum absolute atomic E-state index is 0.0386. The molecule has 1 aliphatic rings. The first-order valence-corrected chi connectivity index (χ1v) is 7.91. The molecule has 3 nitrogen and oxygen atoms in total. The Morgan fingerprint density at radius 3 is 2.79 bits per heavy atom. The number of aromatic nitrogens is 1. The molecule has 1 fully saturated rings. The molecule has 0 bridgehead atoms. The van der Waals surface area contributed by atoms with Gasteiger partial charge < -0.3 is 5.32 Å². The number of rotatable bonds is 3. The fourth-order valence-corrected chi connectivity index (χ4v) is 3.22. The van der Waals surface area contributed by atoms with E-state index < -0.39 is 5.82 Å². The smallest absolute Gasteiger partial charge is 0.254 e. The molecule has 0 spiro atoms. The Morgan fingerprint density at radius 2 is 2.16 bits per heavy atom. The quantitative estimate of drug-likeness (QED) is 0.871. The number of thioether (sulfide) groups is 1. The lowest BCUT2D eigenvalue weighted by Gasteiger charge is -2.28. The molecule has 2 rings (SSSR count). The maximum atomic E-state index is 13.1. The first-order chi connectivity index (χ1) is 9.10. The van der Waals surface area contributed by atoms with Crippen molar-refractivity contribution in [2.24, 2.45) is 0 Å². The van der Waals surface area contributed by atoms with Gasteiger partial charge in [-0.05, 0) is 38.0 Å². The minimum Gasteiger partial charge on any atom is -0.349 e. The number of pyridine rings is 1. The molecule has 19 heavy (non-hydrogen) atoms. The lowest BCUT2D eigenvalue weighted by molar-refractivity contribution is 0.0927. The first-order valence-electron chi connectivity index (χ1n) is 6.25. The van der Waals surface area contributed by atoms with Crippen LogP contribution in [0.25, 0.3) is 0 Å². The second-order valence-corrected chi connectivity index (χ2v) is 6.17. The van der Waals surface area contributed by atoms with Gasteiger partial charge in [0, 0.05) is 11.3 Å². The highest BCUT2D eigenvalue weighted by molar-refractivity contribution is 7.99. The Labute approximate surface area is 121 Å². The zero-order valence-corrected chi connectivity index (χ0v) is 12.2. The summed E-state index contributed by atoms with van der Waals surface area (Å²) in [6.45, 7) is 0. The van der Waals surface area contributed by atoms with Crippen LogP contribution in [0.4, 0.5) is 4.39 Å². The molecular formula is C13H16ClFN2OS. The lowest BCUT2D eigenvalue weighted by Crippen LogP contribution is -2.38. The fraction of sp³-hybridized carbons (Fsp3) is 0.538. The summed E-state index contributed by atoms with van der Waals surface area (Å²) < 4.78 is 13.1. The lowest BCUT2D eigenvalue weighted by atomic mass is 9.95. The van der Waals surface area contributed by atoms with Crippen LogP contribution in [0.5, 0.6) is 0 Å². The molecule has 1 heterocycles. The molecule has 1 aliphatic carbocycles. The van der Waals surface area contributed by atoms with Gasteiger partial charge in [-0.3, -0.25) is 4.79 Å². The van der Waals surface area contributed by atoms with Crippen LogP contribution in [-0.2, 0) is 0 Å². The Morgan fingerprint density at radius 1 is 1.47 bits per heavy atom. The van der Waals surface area contributed by atoms with Crippen molar-refractivity contribution < 1.29 is 9.18 Å². The van der Waals surface area contributed by atoms with Crippen molar-refractivity contribution in [1.29, 1.82) is 0 Å². The van der Waals surface area contributed by atoms with Crippen LogP contribution >= 0.6 is 23.4 Å². The predicted octanol–water partition coefficient (Wildman–Crippen LogP) is 3.28. The van der Waals surface area contributed by atoms with Crippen molar-refractivity contribution in [2.45, 2.75) is 37.0 Å². The summed E-state index contributed by atoms with van der Waals surface area (Å²) in [7, 11) is 0. The molecule has 1 saturated carbocycles. The van der Waals surface area contributed by atoms with E-state index in [0.717, 1.165) is 37.9 Å². The maximum Gasteiger partial charge on any atom is 0.254 e. The number of nitrogens with one attached hydrogen (secondary N) is 1. The highest BCUT2D eigenvalue weighted by Gasteiger charge is 2.23. The van der Waals surface area contributed by atoms with Gasteiger partial charge in [-0.2, -0.15) is 11.8 Å². The van der Waals surface area contributed by atoms with E-state index in [1.807, 2.05) is 11.8 Å². The molecule has 1 aromatic rings. The van der Waals surface area contributed by atoms with Crippen molar-refractivity contribution in [3.8, 4) is 0 Å². The molecule has 0 aliphatic heterocycles. The summed E-state index contributed by atoms with van der Waals surface area (Å²) in [6.07, 6.45) is 7.22. The SMILES string of the molecule is CSC1CCC(NC(=O)c2cc(F)cnc2Cl)CC1. The van der Waals surface area contributed by atoms with E-state index in [4.69, 9.17) is 11.6 Å². The third-order valence-corrected chi connectivity index (χ3v) is 4.83. The molecular weight excluding hydrogens is 287 g/mol. The van der Waals surface area contributed by atoms with E-state index in [2.05, 4.69) is 16.6 Å². The van der Waals surface area contributed by atoms with Crippen LogP contribution in [0, 0.1) is 5.82 Å². The van der Waals surface area contributed by atoms with Gasteiger partial charge in [-0.1, -0.05) is 11.6 Å². The molecule has 0 atom stereocenters. The van der Waals surface area contributed by atoms with Crippen molar-refractivity contribution in [1.82, 2.24) is 10.3 Å². The van der Waals surface area contributed by atoms with Crippen LogP contribution in [0.1, 0.15) is 36.0 Å². The molecule has 1 amide bonds. The topological polar surface area (TPSA) is 42.0 Å². The monoisotopic (exact) mass is 302 g/mol. The van der Waals surface area contributed by atoms with Crippen LogP contribution in [0.3, 0.4) is 0 Å². The van der Waals surface area contributed by atoms with Crippen molar-refractivity contribution in [3.63, 3.8) is 0 Å². The van der Waals surface area contributed by atoms with Gasteiger partial charge in [0.15, 0.2) is 0 Å². The van der Waals surface area contributed by atoms with E-state index in [0.29, 0.717) is 5.25 Å². The van der Waals surface area contributed by atoms with Crippen LogP contribution in [0.2, 0.25) is 5.15 Å². The predicted molar refractivity (Wildman–Crippen MR) is 76.2 cm³/mol. The third-order valence-electron chi connectivity index (χ3n) is 3.39. The van der Waals surface area contributed by atoms with Gasteiger partial charge in [-0.15, -0.1) is 0 Å². The maximum absolute atomic E-state index is 13.1. The largest absolute Gasteiger partial charge is 0.349 e. The van der Waals surface area contributed by atoms with E-state index in [9.17, 15) is 9.18 Å². The number of hydrogen-bond acceptors (Lipinski definition) is 3. The summed E-state index contributed by atoms with van der Waals surface area (Å²) in [5.74, 6) is -0.898. The standard InChI is InChI=1S/C13H16ClFN2OS/c1-19-10-4-2-9(3-5-10)17-13(18)11-6-8(15)7-16-12(11)14/h6-7,9-10H,2-5H2,1H3,(H,17,18). The second-order valence-electron chi connectivity index (χ2n) is 4.67. The number of amides is 1. The number of halogens is 2. The first kappa shape index (κ1) is 14.6. The molecule has 1 aromatic heterocycles.